The summed E-state index contributed by atoms with van der Waals surface area (Å²) in [5.74, 6) is 0.845. The van der Waals surface area contributed by atoms with Crippen LogP contribution in [-0.2, 0) is 11.2 Å². The summed E-state index contributed by atoms with van der Waals surface area (Å²) < 4.78 is 0. The molecule has 5 heteroatoms. The molecule has 2 rings (SSSR count). The number of hydrogen-bond acceptors (Lipinski definition) is 3. The molecule has 1 aromatic carbocycles. The highest BCUT2D eigenvalue weighted by atomic mass is 16.1. The van der Waals surface area contributed by atoms with Crippen LogP contribution in [0.2, 0.25) is 0 Å². The van der Waals surface area contributed by atoms with E-state index in [1.54, 1.807) is 0 Å². The highest BCUT2D eigenvalue weighted by Gasteiger charge is 2.13. The molecular weight excluding hydrogens is 252 g/mol. The topological polar surface area (TPSA) is 83.8 Å². The highest BCUT2D eigenvalue weighted by Crippen LogP contribution is 2.16. The molecule has 4 N–H and O–H groups in total. The van der Waals surface area contributed by atoms with Crippen LogP contribution in [0.25, 0.3) is 11.0 Å². The Morgan fingerprint density at radius 1 is 1.45 bits per heavy atom. The van der Waals surface area contributed by atoms with Gasteiger partial charge in [0.05, 0.1) is 11.0 Å². The number of amides is 1. The molecule has 0 bridgehead atoms. The molecule has 0 aliphatic heterocycles. The van der Waals surface area contributed by atoms with Gasteiger partial charge in [-0.05, 0) is 32.4 Å². The molecule has 0 aliphatic carbocycles. The first kappa shape index (κ1) is 14.5. The van der Waals surface area contributed by atoms with E-state index in [9.17, 15) is 4.79 Å². The van der Waals surface area contributed by atoms with Crippen molar-refractivity contribution in [2.45, 2.75) is 39.2 Å². The minimum Gasteiger partial charge on any atom is -0.354 e. The molecule has 0 unspecified atom stereocenters. The molecule has 2 aromatic rings. The van der Waals surface area contributed by atoms with Gasteiger partial charge in [-0.15, -0.1) is 0 Å². The van der Waals surface area contributed by atoms with Crippen LogP contribution in [0.3, 0.4) is 0 Å². The number of aryl methyl sites for hydroxylation is 2. The fourth-order valence-electron chi connectivity index (χ4n) is 1.99. The van der Waals surface area contributed by atoms with Gasteiger partial charge in [0.2, 0.25) is 5.91 Å². The van der Waals surface area contributed by atoms with Crippen molar-refractivity contribution in [2.75, 3.05) is 6.54 Å². The minimum atomic E-state index is -0.383. The normalized spacial score (nSPS) is 11.8. The van der Waals surface area contributed by atoms with Crippen LogP contribution in [0.4, 0.5) is 0 Å². The number of H-pyrrole nitrogens is 1. The van der Waals surface area contributed by atoms with E-state index < -0.39 is 0 Å². The number of nitrogens with zero attached hydrogens (tertiary/aromatic N) is 1. The van der Waals surface area contributed by atoms with Gasteiger partial charge < -0.3 is 16.0 Å². The van der Waals surface area contributed by atoms with E-state index in [0.717, 1.165) is 22.4 Å². The molecule has 0 fully saturated rings. The fraction of sp³-hybridized carbons (Fsp3) is 0.467. The predicted octanol–water partition coefficient (Wildman–Crippen LogP) is 1.66. The maximum atomic E-state index is 11.7. The number of fused-ring (bicyclic) bond motifs is 1. The Kier molecular flexibility index (Phi) is 4.09. The molecule has 108 valence electrons. The van der Waals surface area contributed by atoms with Gasteiger partial charge in [-0.1, -0.05) is 12.1 Å². The van der Waals surface area contributed by atoms with E-state index in [1.165, 1.54) is 0 Å². The second-order valence-corrected chi connectivity index (χ2v) is 5.92. The van der Waals surface area contributed by atoms with Crippen molar-refractivity contribution < 1.29 is 4.79 Å². The van der Waals surface area contributed by atoms with E-state index in [1.807, 2.05) is 39.0 Å². The van der Waals surface area contributed by atoms with Crippen LogP contribution in [0.1, 0.15) is 31.7 Å². The molecule has 0 spiro atoms. The first-order valence-corrected chi connectivity index (χ1v) is 6.85. The Bertz CT molecular complexity index is 610. The number of benzene rings is 1. The minimum absolute atomic E-state index is 0.000651. The van der Waals surface area contributed by atoms with Gasteiger partial charge in [-0.2, -0.15) is 0 Å². The summed E-state index contributed by atoms with van der Waals surface area (Å²) in [5.41, 5.74) is 8.58. The number of hydrogen-bond donors (Lipinski definition) is 3. The summed E-state index contributed by atoms with van der Waals surface area (Å²) >= 11 is 0. The van der Waals surface area contributed by atoms with E-state index in [-0.39, 0.29) is 11.4 Å². The first-order valence-electron chi connectivity index (χ1n) is 6.85. The molecule has 20 heavy (non-hydrogen) atoms. The van der Waals surface area contributed by atoms with Crippen molar-refractivity contribution in [3.8, 4) is 0 Å². The largest absolute Gasteiger partial charge is 0.354 e. The SMILES string of the molecule is Cc1cccc2[nH]c(CCC(=O)NCC(C)(C)N)nc12. The zero-order chi connectivity index (χ0) is 14.8. The third kappa shape index (κ3) is 3.81. The van der Waals surface area contributed by atoms with Crippen molar-refractivity contribution in [3.05, 3.63) is 29.6 Å². The second-order valence-electron chi connectivity index (χ2n) is 5.92. The maximum Gasteiger partial charge on any atom is 0.220 e. The van der Waals surface area contributed by atoms with Crippen LogP contribution >= 0.6 is 0 Å². The standard InChI is InChI=1S/C15H22N4O/c1-10-5-4-6-11-14(10)19-12(18-11)7-8-13(20)17-9-15(2,3)16/h4-6H,7-9,16H2,1-3H3,(H,17,20)(H,18,19). The van der Waals surface area contributed by atoms with E-state index in [4.69, 9.17) is 5.73 Å². The number of aromatic amines is 1. The average molecular weight is 274 g/mol. The van der Waals surface area contributed by atoms with Gasteiger partial charge in [-0.25, -0.2) is 4.98 Å². The lowest BCUT2D eigenvalue weighted by atomic mass is 10.1. The summed E-state index contributed by atoms with van der Waals surface area (Å²) in [4.78, 5) is 19.5. The predicted molar refractivity (Wildman–Crippen MR) is 80.4 cm³/mol. The Morgan fingerprint density at radius 3 is 2.85 bits per heavy atom. The third-order valence-electron chi connectivity index (χ3n) is 3.09. The molecule has 0 atom stereocenters. The highest BCUT2D eigenvalue weighted by molar-refractivity contribution is 5.79. The van der Waals surface area contributed by atoms with Crippen molar-refractivity contribution in [2.24, 2.45) is 5.73 Å². The monoisotopic (exact) mass is 274 g/mol. The molecule has 0 saturated carbocycles. The summed E-state index contributed by atoms with van der Waals surface area (Å²) in [7, 11) is 0. The lowest BCUT2D eigenvalue weighted by Gasteiger charge is -2.18. The molecule has 5 nitrogen and oxygen atoms in total. The van der Waals surface area contributed by atoms with E-state index >= 15 is 0 Å². The fourth-order valence-corrected chi connectivity index (χ4v) is 1.99. The number of nitrogens with two attached hydrogens (primary N) is 1. The first-order chi connectivity index (χ1) is 9.35. The molecular formula is C15H22N4O. The van der Waals surface area contributed by atoms with E-state index in [0.29, 0.717) is 19.4 Å². The van der Waals surface area contributed by atoms with Gasteiger partial charge in [0.1, 0.15) is 5.82 Å². The Morgan fingerprint density at radius 2 is 2.20 bits per heavy atom. The zero-order valence-corrected chi connectivity index (χ0v) is 12.3. The van der Waals surface area contributed by atoms with Crippen LogP contribution in [0, 0.1) is 6.92 Å². The molecule has 0 radical (unpaired) electrons. The van der Waals surface area contributed by atoms with Gasteiger partial charge in [0.15, 0.2) is 0 Å². The van der Waals surface area contributed by atoms with Crippen LogP contribution in [0.15, 0.2) is 18.2 Å². The number of carbonyl (C=O) groups excluding carboxylic acids is 1. The Labute approximate surface area is 119 Å². The number of nitrogens with one attached hydrogen (secondary N) is 2. The van der Waals surface area contributed by atoms with Crippen molar-refractivity contribution >= 4 is 16.9 Å². The third-order valence-corrected chi connectivity index (χ3v) is 3.09. The molecule has 0 saturated heterocycles. The smallest absolute Gasteiger partial charge is 0.220 e. The number of aromatic nitrogens is 2. The van der Waals surface area contributed by atoms with Gasteiger partial charge in [-0.3, -0.25) is 4.79 Å². The lowest BCUT2D eigenvalue weighted by Crippen LogP contribution is -2.45. The average Bonchev–Trinajstić information content (AvgIpc) is 2.77. The Hall–Kier alpha value is -1.88. The lowest BCUT2D eigenvalue weighted by molar-refractivity contribution is -0.121. The molecule has 1 aromatic heterocycles. The number of carbonyl (C=O) groups is 1. The number of para-hydroxylation sites is 1. The number of rotatable bonds is 5. The van der Waals surface area contributed by atoms with E-state index in [2.05, 4.69) is 15.3 Å². The number of imidazole rings is 1. The molecule has 0 aliphatic rings. The van der Waals surface area contributed by atoms with Gasteiger partial charge in [0, 0.05) is 24.9 Å². The zero-order valence-electron chi connectivity index (χ0n) is 12.3. The molecule has 1 amide bonds. The summed E-state index contributed by atoms with van der Waals surface area (Å²) in [5, 5.41) is 2.83. The molecule has 1 heterocycles. The summed E-state index contributed by atoms with van der Waals surface area (Å²) in [6.07, 6.45) is 1.01. The van der Waals surface area contributed by atoms with Crippen LogP contribution in [0.5, 0.6) is 0 Å². The van der Waals surface area contributed by atoms with Gasteiger partial charge >= 0.3 is 0 Å². The van der Waals surface area contributed by atoms with Crippen molar-refractivity contribution in [1.29, 1.82) is 0 Å². The quantitative estimate of drug-likeness (QED) is 0.775. The van der Waals surface area contributed by atoms with Crippen LogP contribution in [-0.4, -0.2) is 28.0 Å². The van der Waals surface area contributed by atoms with Gasteiger partial charge in [0.25, 0.3) is 0 Å². The van der Waals surface area contributed by atoms with Crippen LogP contribution < -0.4 is 11.1 Å². The Balaban J connectivity index is 1.93. The summed E-state index contributed by atoms with van der Waals surface area (Å²) in [6.45, 7) is 6.28. The maximum absolute atomic E-state index is 11.7. The van der Waals surface area contributed by atoms with Crippen molar-refractivity contribution in [3.63, 3.8) is 0 Å². The second kappa shape index (κ2) is 5.63. The van der Waals surface area contributed by atoms with Crippen molar-refractivity contribution in [1.82, 2.24) is 15.3 Å². The summed E-state index contributed by atoms with van der Waals surface area (Å²) in [6, 6.07) is 6.02.